The van der Waals surface area contributed by atoms with Crippen molar-refractivity contribution in [3.63, 3.8) is 0 Å². The van der Waals surface area contributed by atoms with Crippen LogP contribution in [-0.4, -0.2) is 28.1 Å². The van der Waals surface area contributed by atoms with Crippen LogP contribution in [0.15, 0.2) is 35.3 Å². The van der Waals surface area contributed by atoms with Crippen molar-refractivity contribution in [3.8, 4) is 11.8 Å². The fourth-order valence-corrected chi connectivity index (χ4v) is 3.91. The summed E-state index contributed by atoms with van der Waals surface area (Å²) >= 11 is 0. The summed E-state index contributed by atoms with van der Waals surface area (Å²) in [6, 6.07) is 5.57. The van der Waals surface area contributed by atoms with E-state index in [0.717, 1.165) is 24.8 Å². The third-order valence-corrected chi connectivity index (χ3v) is 5.20. The number of nitriles is 1. The lowest BCUT2D eigenvalue weighted by molar-refractivity contribution is 0.0907. The Kier molecular flexibility index (Phi) is 4.32. The molecule has 1 saturated heterocycles. The Morgan fingerprint density at radius 3 is 3.04 bits per heavy atom. The first-order chi connectivity index (χ1) is 12.7. The second-order valence-electron chi connectivity index (χ2n) is 6.78. The Bertz CT molecular complexity index is 845. The number of carbonyl (C=O) groups is 1. The molecule has 0 spiro atoms. The Morgan fingerprint density at radius 1 is 1.42 bits per heavy atom. The third-order valence-electron chi connectivity index (χ3n) is 5.20. The van der Waals surface area contributed by atoms with Crippen molar-refractivity contribution in [1.29, 1.82) is 5.26 Å². The maximum Gasteiger partial charge on any atom is 0.273 e. The normalized spacial score (nSPS) is 27.5. The Morgan fingerprint density at radius 2 is 2.31 bits per heavy atom. The van der Waals surface area contributed by atoms with Gasteiger partial charge in [0.25, 0.3) is 5.91 Å². The molecular weight excluding hydrogens is 334 g/mol. The molecule has 1 aliphatic carbocycles. The van der Waals surface area contributed by atoms with Crippen molar-refractivity contribution in [3.05, 3.63) is 47.7 Å². The first-order valence-corrected chi connectivity index (χ1v) is 8.59. The van der Waals surface area contributed by atoms with E-state index in [1.165, 1.54) is 12.3 Å². The molecular formula is C18H19N5O3. The minimum Gasteiger partial charge on any atom is -0.505 e. The van der Waals surface area contributed by atoms with Gasteiger partial charge in [0.05, 0.1) is 24.1 Å². The van der Waals surface area contributed by atoms with Crippen LogP contribution in [0.3, 0.4) is 0 Å². The first kappa shape index (κ1) is 16.6. The van der Waals surface area contributed by atoms with Crippen LogP contribution in [-0.2, 0) is 0 Å². The lowest BCUT2D eigenvalue weighted by atomic mass is 9.77. The molecule has 26 heavy (non-hydrogen) atoms. The van der Waals surface area contributed by atoms with E-state index in [-0.39, 0.29) is 29.1 Å². The summed E-state index contributed by atoms with van der Waals surface area (Å²) in [5.74, 6) is -0.376. The molecule has 0 aromatic carbocycles. The number of nitrogens with one attached hydrogen (secondary N) is 3. The lowest BCUT2D eigenvalue weighted by Gasteiger charge is -2.33. The Hall–Kier alpha value is -2.89. The van der Waals surface area contributed by atoms with Gasteiger partial charge in [-0.2, -0.15) is 5.26 Å². The number of aromatic nitrogens is 1. The van der Waals surface area contributed by atoms with Gasteiger partial charge in [-0.05, 0) is 31.2 Å². The van der Waals surface area contributed by atoms with Gasteiger partial charge in [-0.15, -0.1) is 0 Å². The molecule has 4 N–H and O–H groups in total. The molecule has 1 aliphatic heterocycles. The summed E-state index contributed by atoms with van der Waals surface area (Å²) in [6.07, 6.45) is 7.27. The van der Waals surface area contributed by atoms with Gasteiger partial charge < -0.3 is 14.8 Å². The molecule has 2 aliphatic rings. The highest BCUT2D eigenvalue weighted by atomic mass is 16.3. The second-order valence-corrected chi connectivity index (χ2v) is 6.78. The minimum atomic E-state index is -0.422. The number of hydrogen-bond acceptors (Lipinski definition) is 7. The number of nitrogens with zero attached hydrogens (tertiary/aromatic N) is 2. The maximum atomic E-state index is 12.5. The number of rotatable bonds is 3. The lowest BCUT2D eigenvalue weighted by Crippen LogP contribution is -2.44. The summed E-state index contributed by atoms with van der Waals surface area (Å²) in [7, 11) is 0. The number of aromatic hydroxyl groups is 1. The molecule has 2 aromatic rings. The topological polar surface area (TPSA) is 123 Å². The molecule has 4 atom stereocenters. The van der Waals surface area contributed by atoms with E-state index < -0.39 is 5.91 Å². The molecule has 4 rings (SSSR count). The highest BCUT2D eigenvalue weighted by Gasteiger charge is 2.41. The van der Waals surface area contributed by atoms with E-state index >= 15 is 0 Å². The average molecular weight is 353 g/mol. The summed E-state index contributed by atoms with van der Waals surface area (Å²) in [6.45, 7) is 0. The van der Waals surface area contributed by atoms with Crippen molar-refractivity contribution in [2.75, 3.05) is 0 Å². The largest absolute Gasteiger partial charge is 0.505 e. The van der Waals surface area contributed by atoms with E-state index in [4.69, 9.17) is 9.68 Å². The van der Waals surface area contributed by atoms with Crippen LogP contribution < -0.4 is 16.2 Å². The van der Waals surface area contributed by atoms with Crippen LogP contribution in [0.25, 0.3) is 0 Å². The number of carbonyl (C=O) groups excluding carboxylic acids is 1. The smallest absolute Gasteiger partial charge is 0.273 e. The Balaban J connectivity index is 1.44. The molecule has 134 valence electrons. The number of hydrazine groups is 1. The Labute approximate surface area is 150 Å². The van der Waals surface area contributed by atoms with Crippen LogP contribution in [0.5, 0.6) is 5.75 Å². The minimum absolute atomic E-state index is 0.00306. The second kappa shape index (κ2) is 6.78. The zero-order chi connectivity index (χ0) is 18.1. The zero-order valence-electron chi connectivity index (χ0n) is 14.0. The standard InChI is InChI=1S/C18H19N5O3/c19-7-10-5-15(24)17(20-8-10)18(25)21-12-1-2-14-13(6-12)16(23-22-14)11-3-4-26-9-11/h3-5,8-9,12-14,16,22-24H,1-2,6H2,(H,21,25). The quantitative estimate of drug-likeness (QED) is 0.657. The summed E-state index contributed by atoms with van der Waals surface area (Å²) in [5, 5.41) is 21.7. The van der Waals surface area contributed by atoms with Crippen molar-refractivity contribution < 1.29 is 14.3 Å². The predicted octanol–water partition coefficient (Wildman–Crippen LogP) is 1.37. The van der Waals surface area contributed by atoms with Gasteiger partial charge in [0, 0.05) is 29.9 Å². The van der Waals surface area contributed by atoms with Crippen molar-refractivity contribution in [2.24, 2.45) is 5.92 Å². The van der Waals surface area contributed by atoms with Gasteiger partial charge >= 0.3 is 0 Å². The van der Waals surface area contributed by atoms with E-state index in [9.17, 15) is 9.90 Å². The number of pyridine rings is 1. The average Bonchev–Trinajstić information content (AvgIpc) is 3.30. The van der Waals surface area contributed by atoms with Crippen molar-refractivity contribution >= 4 is 5.91 Å². The van der Waals surface area contributed by atoms with Crippen LogP contribution >= 0.6 is 0 Å². The number of furan rings is 1. The fraction of sp³-hybridized carbons (Fsp3) is 0.389. The van der Waals surface area contributed by atoms with Gasteiger partial charge in [0.2, 0.25) is 0 Å². The summed E-state index contributed by atoms with van der Waals surface area (Å²) < 4.78 is 5.19. The van der Waals surface area contributed by atoms with E-state index in [2.05, 4.69) is 21.2 Å². The van der Waals surface area contributed by atoms with E-state index in [1.807, 2.05) is 12.1 Å². The highest BCUT2D eigenvalue weighted by Crippen LogP contribution is 2.38. The molecule has 1 amide bonds. The molecule has 2 aromatic heterocycles. The highest BCUT2D eigenvalue weighted by molar-refractivity contribution is 5.95. The van der Waals surface area contributed by atoms with Crippen LogP contribution in [0.2, 0.25) is 0 Å². The third kappa shape index (κ3) is 3.03. The number of amides is 1. The number of fused-ring (bicyclic) bond motifs is 1. The molecule has 3 heterocycles. The molecule has 8 heteroatoms. The van der Waals surface area contributed by atoms with Crippen LogP contribution in [0.1, 0.15) is 46.9 Å². The van der Waals surface area contributed by atoms with Crippen molar-refractivity contribution in [1.82, 2.24) is 21.2 Å². The summed E-state index contributed by atoms with van der Waals surface area (Å²) in [5.41, 5.74) is 7.90. The molecule has 0 bridgehead atoms. The monoisotopic (exact) mass is 353 g/mol. The van der Waals surface area contributed by atoms with Gasteiger partial charge in [0.1, 0.15) is 11.8 Å². The predicted molar refractivity (Wildman–Crippen MR) is 90.7 cm³/mol. The van der Waals surface area contributed by atoms with Gasteiger partial charge in [0.15, 0.2) is 5.69 Å². The summed E-state index contributed by atoms with van der Waals surface area (Å²) in [4.78, 5) is 16.4. The maximum absolute atomic E-state index is 12.5. The molecule has 4 unspecified atom stereocenters. The van der Waals surface area contributed by atoms with Gasteiger partial charge in [-0.3, -0.25) is 10.2 Å². The first-order valence-electron chi connectivity index (χ1n) is 8.59. The van der Waals surface area contributed by atoms with Crippen LogP contribution in [0.4, 0.5) is 0 Å². The molecule has 2 fully saturated rings. The molecule has 1 saturated carbocycles. The van der Waals surface area contributed by atoms with E-state index in [1.54, 1.807) is 12.5 Å². The van der Waals surface area contributed by atoms with Gasteiger partial charge in [-0.1, -0.05) is 0 Å². The van der Waals surface area contributed by atoms with E-state index in [0.29, 0.717) is 12.0 Å². The zero-order valence-corrected chi connectivity index (χ0v) is 14.0. The van der Waals surface area contributed by atoms with Crippen LogP contribution in [0, 0.1) is 17.2 Å². The SMILES string of the molecule is N#Cc1cnc(C(=O)NC2CCC3NNC(c4ccoc4)C3C2)c(O)c1. The van der Waals surface area contributed by atoms with Crippen molar-refractivity contribution in [2.45, 2.75) is 37.4 Å². The van der Waals surface area contributed by atoms with Gasteiger partial charge in [-0.25, -0.2) is 10.4 Å². The molecule has 8 nitrogen and oxygen atoms in total. The molecule has 0 radical (unpaired) electrons. The fourth-order valence-electron chi connectivity index (χ4n) is 3.91. The number of hydrogen-bond donors (Lipinski definition) is 4.